The molecule has 1 rings (SSSR count). The Labute approximate surface area is 99.4 Å². The van der Waals surface area contributed by atoms with E-state index in [1.165, 1.54) is 19.3 Å². The van der Waals surface area contributed by atoms with Crippen molar-refractivity contribution in [1.82, 2.24) is 4.90 Å². The van der Waals surface area contributed by atoms with Crippen LogP contribution in [0.2, 0.25) is 0 Å². The van der Waals surface area contributed by atoms with Gasteiger partial charge in [-0.25, -0.2) is 0 Å². The summed E-state index contributed by atoms with van der Waals surface area (Å²) in [5.74, 6) is 0.649. The quantitative estimate of drug-likeness (QED) is 0.754. The lowest BCUT2D eigenvalue weighted by Gasteiger charge is -2.29. The lowest BCUT2D eigenvalue weighted by Crippen LogP contribution is -2.40. The summed E-state index contributed by atoms with van der Waals surface area (Å²) >= 11 is 0. The number of carbonyl (C=O) groups is 1. The van der Waals surface area contributed by atoms with E-state index in [1.807, 2.05) is 4.90 Å². The average Bonchev–Trinajstić information content (AvgIpc) is 2.35. The van der Waals surface area contributed by atoms with Gasteiger partial charge in [0.05, 0.1) is 0 Å². The van der Waals surface area contributed by atoms with E-state index in [9.17, 15) is 4.79 Å². The van der Waals surface area contributed by atoms with E-state index in [1.54, 1.807) is 0 Å². The van der Waals surface area contributed by atoms with Gasteiger partial charge in [-0.3, -0.25) is 4.79 Å². The highest BCUT2D eigenvalue weighted by Gasteiger charge is 2.24. The van der Waals surface area contributed by atoms with Gasteiger partial charge >= 0.3 is 0 Å². The first-order valence-electron chi connectivity index (χ1n) is 6.78. The van der Waals surface area contributed by atoms with Crippen LogP contribution in [0.1, 0.15) is 51.9 Å². The molecule has 94 valence electrons. The molecule has 0 radical (unpaired) electrons. The van der Waals surface area contributed by atoms with Crippen molar-refractivity contribution in [3.63, 3.8) is 0 Å². The van der Waals surface area contributed by atoms with Gasteiger partial charge in [-0.05, 0) is 19.3 Å². The molecule has 0 aromatic carbocycles. The van der Waals surface area contributed by atoms with Crippen LogP contribution in [-0.2, 0) is 4.79 Å². The molecular weight excluding hydrogens is 200 g/mol. The summed E-state index contributed by atoms with van der Waals surface area (Å²) in [4.78, 5) is 14.3. The summed E-state index contributed by atoms with van der Waals surface area (Å²) in [7, 11) is 0. The number of rotatable bonds is 6. The fourth-order valence-corrected chi connectivity index (χ4v) is 2.44. The number of hydrogen-bond acceptors (Lipinski definition) is 2. The summed E-state index contributed by atoms with van der Waals surface area (Å²) in [6.45, 7) is 4.37. The Morgan fingerprint density at radius 3 is 2.50 bits per heavy atom. The van der Waals surface area contributed by atoms with Gasteiger partial charge in [0.2, 0.25) is 5.91 Å². The Balaban J connectivity index is 2.44. The molecule has 0 atom stereocenters. The SMILES string of the molecule is CCCCN(CCN)C(=O)C1CCCCC1. The lowest BCUT2D eigenvalue weighted by atomic mass is 9.88. The predicted octanol–water partition coefficient (Wildman–Crippen LogP) is 2.15. The summed E-state index contributed by atoms with van der Waals surface area (Å²) in [5, 5.41) is 0. The standard InChI is InChI=1S/C13H26N2O/c1-2-3-10-15(11-9-14)13(16)12-7-5-4-6-8-12/h12H,2-11,14H2,1H3. The Hall–Kier alpha value is -0.570. The fourth-order valence-electron chi connectivity index (χ4n) is 2.44. The minimum absolute atomic E-state index is 0.289. The molecule has 0 bridgehead atoms. The second-order valence-corrected chi connectivity index (χ2v) is 4.80. The molecule has 0 aromatic heterocycles. The first-order chi connectivity index (χ1) is 7.79. The zero-order chi connectivity index (χ0) is 11.8. The molecule has 1 aliphatic carbocycles. The van der Waals surface area contributed by atoms with E-state index in [0.717, 1.165) is 38.8 Å². The van der Waals surface area contributed by atoms with Gasteiger partial charge in [0.15, 0.2) is 0 Å². The Kier molecular flexibility index (Phi) is 6.46. The molecule has 1 saturated carbocycles. The van der Waals surface area contributed by atoms with Gasteiger partial charge < -0.3 is 10.6 Å². The van der Waals surface area contributed by atoms with E-state index >= 15 is 0 Å². The van der Waals surface area contributed by atoms with Crippen LogP contribution in [0.3, 0.4) is 0 Å². The third kappa shape index (κ3) is 4.12. The molecule has 3 nitrogen and oxygen atoms in total. The van der Waals surface area contributed by atoms with Crippen LogP contribution >= 0.6 is 0 Å². The molecule has 0 heterocycles. The van der Waals surface area contributed by atoms with Crippen molar-refractivity contribution in [3.05, 3.63) is 0 Å². The molecule has 1 amide bonds. The lowest BCUT2D eigenvalue weighted by molar-refractivity contribution is -0.136. The molecular formula is C13H26N2O. The third-order valence-corrected chi connectivity index (χ3v) is 3.45. The van der Waals surface area contributed by atoms with Crippen LogP contribution in [0.5, 0.6) is 0 Å². The smallest absolute Gasteiger partial charge is 0.225 e. The van der Waals surface area contributed by atoms with Crippen molar-refractivity contribution in [3.8, 4) is 0 Å². The molecule has 3 heteroatoms. The molecule has 0 aromatic rings. The molecule has 1 aliphatic rings. The molecule has 1 fully saturated rings. The monoisotopic (exact) mass is 226 g/mol. The first-order valence-corrected chi connectivity index (χ1v) is 6.78. The third-order valence-electron chi connectivity index (χ3n) is 3.45. The minimum Gasteiger partial charge on any atom is -0.341 e. The number of unbranched alkanes of at least 4 members (excludes halogenated alkanes) is 1. The minimum atomic E-state index is 0.289. The van der Waals surface area contributed by atoms with Gasteiger partial charge in [-0.2, -0.15) is 0 Å². The van der Waals surface area contributed by atoms with Gasteiger partial charge in [-0.15, -0.1) is 0 Å². The summed E-state index contributed by atoms with van der Waals surface area (Å²) < 4.78 is 0. The highest BCUT2D eigenvalue weighted by atomic mass is 16.2. The van der Waals surface area contributed by atoms with Crippen molar-refractivity contribution < 1.29 is 4.79 Å². The summed E-state index contributed by atoms with van der Waals surface area (Å²) in [6, 6.07) is 0. The average molecular weight is 226 g/mol. The number of hydrogen-bond donors (Lipinski definition) is 1. The molecule has 0 unspecified atom stereocenters. The van der Waals surface area contributed by atoms with Crippen LogP contribution in [0.15, 0.2) is 0 Å². The number of carbonyl (C=O) groups excluding carboxylic acids is 1. The fraction of sp³-hybridized carbons (Fsp3) is 0.923. The van der Waals surface area contributed by atoms with E-state index < -0.39 is 0 Å². The predicted molar refractivity (Wildman–Crippen MR) is 67.1 cm³/mol. The molecule has 16 heavy (non-hydrogen) atoms. The largest absolute Gasteiger partial charge is 0.341 e. The zero-order valence-electron chi connectivity index (χ0n) is 10.6. The maximum Gasteiger partial charge on any atom is 0.225 e. The van der Waals surface area contributed by atoms with E-state index in [4.69, 9.17) is 5.73 Å². The van der Waals surface area contributed by atoms with Crippen LogP contribution in [0.25, 0.3) is 0 Å². The van der Waals surface area contributed by atoms with Gasteiger partial charge in [-0.1, -0.05) is 32.6 Å². The zero-order valence-corrected chi connectivity index (χ0v) is 10.6. The highest BCUT2D eigenvalue weighted by Crippen LogP contribution is 2.25. The van der Waals surface area contributed by atoms with Crippen LogP contribution in [0.4, 0.5) is 0 Å². The van der Waals surface area contributed by atoms with Crippen molar-refractivity contribution in [1.29, 1.82) is 0 Å². The second-order valence-electron chi connectivity index (χ2n) is 4.80. The Morgan fingerprint density at radius 2 is 1.94 bits per heavy atom. The van der Waals surface area contributed by atoms with Gasteiger partial charge in [0.1, 0.15) is 0 Å². The molecule has 0 saturated heterocycles. The van der Waals surface area contributed by atoms with Crippen molar-refractivity contribution in [2.45, 2.75) is 51.9 Å². The van der Waals surface area contributed by atoms with Crippen LogP contribution in [0, 0.1) is 5.92 Å². The van der Waals surface area contributed by atoms with Gasteiger partial charge in [0.25, 0.3) is 0 Å². The molecule has 0 aliphatic heterocycles. The molecule has 2 N–H and O–H groups in total. The van der Waals surface area contributed by atoms with Crippen molar-refractivity contribution in [2.75, 3.05) is 19.6 Å². The molecule has 0 spiro atoms. The summed E-state index contributed by atoms with van der Waals surface area (Å²) in [6.07, 6.45) is 8.16. The Morgan fingerprint density at radius 1 is 1.25 bits per heavy atom. The van der Waals surface area contributed by atoms with Gasteiger partial charge in [0, 0.05) is 25.6 Å². The van der Waals surface area contributed by atoms with E-state index in [2.05, 4.69) is 6.92 Å². The highest BCUT2D eigenvalue weighted by molar-refractivity contribution is 5.78. The number of nitrogens with zero attached hydrogens (tertiary/aromatic N) is 1. The van der Waals surface area contributed by atoms with E-state index in [0.29, 0.717) is 12.5 Å². The van der Waals surface area contributed by atoms with Crippen molar-refractivity contribution in [2.24, 2.45) is 11.7 Å². The summed E-state index contributed by atoms with van der Waals surface area (Å²) in [5.41, 5.74) is 5.57. The van der Waals surface area contributed by atoms with Crippen molar-refractivity contribution >= 4 is 5.91 Å². The van der Waals surface area contributed by atoms with Crippen LogP contribution in [-0.4, -0.2) is 30.4 Å². The number of amides is 1. The maximum atomic E-state index is 12.3. The maximum absolute atomic E-state index is 12.3. The Bertz CT molecular complexity index is 200. The second kappa shape index (κ2) is 7.66. The topological polar surface area (TPSA) is 46.3 Å². The van der Waals surface area contributed by atoms with Crippen LogP contribution < -0.4 is 5.73 Å². The number of nitrogens with two attached hydrogens (primary N) is 1. The normalized spacial score (nSPS) is 17.4. The van der Waals surface area contributed by atoms with E-state index in [-0.39, 0.29) is 5.92 Å². The first kappa shape index (κ1) is 13.5.